The first-order valence-electron chi connectivity index (χ1n) is 8.28. The minimum Gasteiger partial charge on any atom is -0.492 e. The molecule has 2 aromatic carbocycles. The average Bonchev–Trinajstić information content (AvgIpc) is 2.66. The van der Waals surface area contributed by atoms with Crippen LogP contribution >= 0.6 is 12.4 Å². The van der Waals surface area contributed by atoms with E-state index in [-0.39, 0.29) is 30.1 Å². The van der Waals surface area contributed by atoms with Gasteiger partial charge in [-0.1, -0.05) is 30.3 Å². The van der Waals surface area contributed by atoms with Gasteiger partial charge in [0, 0.05) is 13.1 Å². The largest absolute Gasteiger partial charge is 0.492 e. The Kier molecular flexibility index (Phi) is 7.00. The molecule has 2 amide bonds. The molecule has 0 spiro atoms. The van der Waals surface area contributed by atoms with Crippen LogP contribution in [0.2, 0.25) is 0 Å². The molecule has 0 bridgehead atoms. The van der Waals surface area contributed by atoms with E-state index in [4.69, 9.17) is 10.5 Å². The lowest BCUT2D eigenvalue weighted by Gasteiger charge is -2.24. The highest BCUT2D eigenvalue weighted by molar-refractivity contribution is 6.04. The SMILES string of the molecule is Cl.NCCNC(=O)c1ccccc1NC(=O)C1COc2ccccc2C1. The maximum absolute atomic E-state index is 12.6. The summed E-state index contributed by atoms with van der Waals surface area (Å²) in [7, 11) is 0. The monoisotopic (exact) mass is 375 g/mol. The second-order valence-corrected chi connectivity index (χ2v) is 5.90. The molecule has 138 valence electrons. The third kappa shape index (κ3) is 4.53. The van der Waals surface area contributed by atoms with E-state index in [0.29, 0.717) is 37.4 Å². The summed E-state index contributed by atoms with van der Waals surface area (Å²) in [6.07, 6.45) is 0.615. The van der Waals surface area contributed by atoms with Crippen molar-refractivity contribution < 1.29 is 14.3 Å². The minimum atomic E-state index is -0.296. The van der Waals surface area contributed by atoms with Gasteiger partial charge in [0.2, 0.25) is 5.91 Å². The van der Waals surface area contributed by atoms with Crippen molar-refractivity contribution in [3.05, 3.63) is 59.7 Å². The zero-order valence-corrected chi connectivity index (χ0v) is 15.1. The Labute approximate surface area is 158 Å². The number of amides is 2. The van der Waals surface area contributed by atoms with Gasteiger partial charge in [-0.25, -0.2) is 0 Å². The van der Waals surface area contributed by atoms with Crippen molar-refractivity contribution in [2.45, 2.75) is 6.42 Å². The molecule has 0 radical (unpaired) electrons. The van der Waals surface area contributed by atoms with E-state index in [0.717, 1.165) is 11.3 Å². The van der Waals surface area contributed by atoms with Crippen LogP contribution in [0.15, 0.2) is 48.5 Å². The van der Waals surface area contributed by atoms with Crippen LogP contribution in [-0.2, 0) is 11.2 Å². The fraction of sp³-hybridized carbons (Fsp3) is 0.263. The Morgan fingerprint density at radius 2 is 1.85 bits per heavy atom. The number of rotatable bonds is 5. The van der Waals surface area contributed by atoms with E-state index >= 15 is 0 Å². The molecule has 1 atom stereocenters. The summed E-state index contributed by atoms with van der Waals surface area (Å²) < 4.78 is 5.67. The number of benzene rings is 2. The van der Waals surface area contributed by atoms with Crippen LogP contribution in [-0.4, -0.2) is 31.5 Å². The first kappa shape index (κ1) is 19.8. The standard InChI is InChI=1S/C19H21N3O3.ClH/c20-9-10-21-19(24)15-6-2-3-7-16(15)22-18(23)14-11-13-5-1-4-8-17(13)25-12-14;/h1-8,14H,9-12,20H2,(H,21,24)(H,22,23);1H. The van der Waals surface area contributed by atoms with Crippen molar-refractivity contribution in [3.8, 4) is 5.75 Å². The lowest BCUT2D eigenvalue weighted by Crippen LogP contribution is -2.34. The van der Waals surface area contributed by atoms with Crippen LogP contribution in [0, 0.1) is 5.92 Å². The lowest BCUT2D eigenvalue weighted by molar-refractivity contribution is -0.121. The molecule has 0 saturated carbocycles. The van der Waals surface area contributed by atoms with Gasteiger partial charge in [0.15, 0.2) is 0 Å². The summed E-state index contributed by atoms with van der Waals surface area (Å²) in [6, 6.07) is 14.6. The molecule has 4 N–H and O–H groups in total. The molecule has 26 heavy (non-hydrogen) atoms. The summed E-state index contributed by atoms with van der Waals surface area (Å²) >= 11 is 0. The summed E-state index contributed by atoms with van der Waals surface area (Å²) in [6.45, 7) is 1.07. The molecular weight excluding hydrogens is 354 g/mol. The lowest BCUT2D eigenvalue weighted by atomic mass is 9.96. The zero-order valence-electron chi connectivity index (χ0n) is 14.2. The van der Waals surface area contributed by atoms with Crippen LogP contribution < -0.4 is 21.1 Å². The third-order valence-corrected chi connectivity index (χ3v) is 4.11. The van der Waals surface area contributed by atoms with E-state index in [9.17, 15) is 9.59 Å². The second kappa shape index (κ2) is 9.22. The highest BCUT2D eigenvalue weighted by Gasteiger charge is 2.26. The number of fused-ring (bicyclic) bond motifs is 1. The van der Waals surface area contributed by atoms with Gasteiger partial charge < -0.3 is 21.1 Å². The first-order chi connectivity index (χ1) is 12.2. The number of nitrogens with two attached hydrogens (primary N) is 1. The van der Waals surface area contributed by atoms with Crippen molar-refractivity contribution in [3.63, 3.8) is 0 Å². The van der Waals surface area contributed by atoms with E-state index in [1.165, 1.54) is 0 Å². The van der Waals surface area contributed by atoms with Gasteiger partial charge in [0.05, 0.1) is 17.2 Å². The number of carbonyl (C=O) groups excluding carboxylic acids is 2. The molecule has 7 heteroatoms. The quantitative estimate of drug-likeness (QED) is 0.745. The predicted molar refractivity (Wildman–Crippen MR) is 103 cm³/mol. The molecule has 0 saturated heterocycles. The number of halogens is 1. The highest BCUT2D eigenvalue weighted by Crippen LogP contribution is 2.27. The fourth-order valence-electron chi connectivity index (χ4n) is 2.80. The Hall–Kier alpha value is -2.57. The summed E-state index contributed by atoms with van der Waals surface area (Å²) in [5.41, 5.74) is 7.33. The number of hydrogen-bond donors (Lipinski definition) is 3. The van der Waals surface area contributed by atoms with Crippen LogP contribution in [0.4, 0.5) is 5.69 Å². The maximum atomic E-state index is 12.6. The molecule has 0 fully saturated rings. The maximum Gasteiger partial charge on any atom is 0.253 e. The van der Waals surface area contributed by atoms with Crippen molar-refractivity contribution in [1.29, 1.82) is 0 Å². The summed E-state index contributed by atoms with van der Waals surface area (Å²) in [5.74, 6) is 0.114. The number of nitrogens with one attached hydrogen (secondary N) is 2. The summed E-state index contributed by atoms with van der Waals surface area (Å²) in [4.78, 5) is 24.8. The van der Waals surface area contributed by atoms with Crippen LogP contribution in [0.25, 0.3) is 0 Å². The highest BCUT2D eigenvalue weighted by atomic mass is 35.5. The topological polar surface area (TPSA) is 93.5 Å². The number of ether oxygens (including phenoxy) is 1. The van der Waals surface area contributed by atoms with Crippen LogP contribution in [0.3, 0.4) is 0 Å². The van der Waals surface area contributed by atoms with Crippen molar-refractivity contribution in [1.82, 2.24) is 5.32 Å². The molecule has 1 aliphatic rings. The predicted octanol–water partition coefficient (Wildman–Crippen LogP) is 1.99. The number of anilines is 1. The van der Waals surface area contributed by atoms with Gasteiger partial charge in [-0.05, 0) is 30.2 Å². The normalized spacial score (nSPS) is 15.0. The Morgan fingerprint density at radius 1 is 1.12 bits per heavy atom. The van der Waals surface area contributed by atoms with Gasteiger partial charge >= 0.3 is 0 Å². The van der Waals surface area contributed by atoms with E-state index in [2.05, 4.69) is 10.6 Å². The van der Waals surface area contributed by atoms with Gasteiger partial charge in [0.1, 0.15) is 12.4 Å². The van der Waals surface area contributed by atoms with Gasteiger partial charge in [-0.15, -0.1) is 12.4 Å². The fourth-order valence-corrected chi connectivity index (χ4v) is 2.80. The van der Waals surface area contributed by atoms with Gasteiger partial charge in [-0.3, -0.25) is 9.59 Å². The minimum absolute atomic E-state index is 0. The molecule has 2 aromatic rings. The van der Waals surface area contributed by atoms with Gasteiger partial charge in [0.25, 0.3) is 5.91 Å². The van der Waals surface area contributed by atoms with E-state index in [1.54, 1.807) is 24.3 Å². The molecule has 1 heterocycles. The third-order valence-electron chi connectivity index (χ3n) is 4.11. The number of hydrogen-bond acceptors (Lipinski definition) is 4. The van der Waals surface area contributed by atoms with Crippen LogP contribution in [0.1, 0.15) is 15.9 Å². The first-order valence-corrected chi connectivity index (χ1v) is 8.28. The zero-order chi connectivity index (χ0) is 17.6. The molecule has 1 unspecified atom stereocenters. The Balaban J connectivity index is 0.00000243. The second-order valence-electron chi connectivity index (χ2n) is 5.90. The molecule has 3 rings (SSSR count). The van der Waals surface area contributed by atoms with Gasteiger partial charge in [-0.2, -0.15) is 0 Å². The van der Waals surface area contributed by atoms with E-state index < -0.39 is 0 Å². The van der Waals surface area contributed by atoms with E-state index in [1.807, 2.05) is 24.3 Å². The molecular formula is C19H22ClN3O3. The average molecular weight is 376 g/mol. The summed E-state index contributed by atoms with van der Waals surface area (Å²) in [5, 5.41) is 5.57. The van der Waals surface area contributed by atoms with Crippen molar-refractivity contribution >= 4 is 29.9 Å². The Morgan fingerprint density at radius 3 is 2.65 bits per heavy atom. The smallest absolute Gasteiger partial charge is 0.253 e. The number of para-hydroxylation sites is 2. The Bertz CT molecular complexity index is 782. The van der Waals surface area contributed by atoms with Crippen molar-refractivity contribution in [2.24, 2.45) is 11.7 Å². The molecule has 6 nitrogen and oxygen atoms in total. The molecule has 0 aromatic heterocycles. The molecule has 0 aliphatic carbocycles. The molecule has 1 aliphatic heterocycles. The van der Waals surface area contributed by atoms with Crippen molar-refractivity contribution in [2.75, 3.05) is 25.0 Å². The van der Waals surface area contributed by atoms with Crippen LogP contribution in [0.5, 0.6) is 5.75 Å². The number of carbonyl (C=O) groups is 2.